The van der Waals surface area contributed by atoms with Crippen molar-refractivity contribution in [3.63, 3.8) is 0 Å². The molecule has 1 aromatic heterocycles. The molecule has 2 amide bonds. The molecule has 0 radical (unpaired) electrons. The monoisotopic (exact) mass is 272 g/mol. The number of benzene rings is 1. The van der Waals surface area contributed by atoms with Crippen molar-refractivity contribution < 1.29 is 4.79 Å². The maximum absolute atomic E-state index is 12.2. The normalized spacial score (nSPS) is 9.89. The number of thiophene rings is 1. The van der Waals surface area contributed by atoms with Crippen LogP contribution in [-0.2, 0) is 6.54 Å². The quantitative estimate of drug-likeness (QED) is 0.821. The molecule has 0 aliphatic rings. The molecule has 2 aromatic rings. The molecule has 0 spiro atoms. The smallest absolute Gasteiger partial charge is 0.316 e. The number of rotatable bonds is 5. The summed E-state index contributed by atoms with van der Waals surface area (Å²) in [5.74, 6) is 0. The first kappa shape index (κ1) is 13.4. The molecule has 0 atom stereocenters. The van der Waals surface area contributed by atoms with E-state index in [0.29, 0.717) is 13.1 Å². The van der Waals surface area contributed by atoms with Gasteiger partial charge < -0.3 is 10.2 Å². The van der Waals surface area contributed by atoms with Gasteiger partial charge in [0.15, 0.2) is 0 Å². The minimum atomic E-state index is -0.112. The Hall–Kier alpha value is -2.07. The number of nitrogens with zero attached hydrogens (tertiary/aromatic N) is 1. The number of nitrogens with one attached hydrogen (secondary N) is 1. The van der Waals surface area contributed by atoms with Gasteiger partial charge in [-0.3, -0.25) is 0 Å². The molecule has 2 rings (SSSR count). The fourth-order valence-electron chi connectivity index (χ4n) is 1.69. The molecule has 0 saturated carbocycles. The first-order valence-electron chi connectivity index (χ1n) is 6.04. The van der Waals surface area contributed by atoms with E-state index >= 15 is 0 Å². The molecule has 98 valence electrons. The van der Waals surface area contributed by atoms with E-state index in [1.54, 1.807) is 22.3 Å². The van der Waals surface area contributed by atoms with Crippen LogP contribution in [0.1, 0.15) is 4.88 Å². The SMILES string of the molecule is C=CCN(Cc1cccs1)C(=O)Nc1ccccc1. The van der Waals surface area contributed by atoms with Crippen LogP contribution in [0.15, 0.2) is 60.5 Å². The third kappa shape index (κ3) is 3.96. The number of para-hydroxylation sites is 1. The van der Waals surface area contributed by atoms with Crippen molar-refractivity contribution >= 4 is 23.1 Å². The number of urea groups is 1. The lowest BCUT2D eigenvalue weighted by atomic mass is 10.3. The van der Waals surface area contributed by atoms with Gasteiger partial charge in [0.25, 0.3) is 0 Å². The van der Waals surface area contributed by atoms with E-state index in [0.717, 1.165) is 10.6 Å². The molecule has 1 aromatic carbocycles. The number of anilines is 1. The highest BCUT2D eigenvalue weighted by Gasteiger charge is 2.13. The lowest BCUT2D eigenvalue weighted by Gasteiger charge is -2.21. The van der Waals surface area contributed by atoms with Crippen LogP contribution < -0.4 is 5.32 Å². The van der Waals surface area contributed by atoms with Crippen molar-refractivity contribution in [1.82, 2.24) is 4.90 Å². The maximum atomic E-state index is 12.2. The third-order valence-electron chi connectivity index (χ3n) is 2.59. The van der Waals surface area contributed by atoms with Gasteiger partial charge in [0.2, 0.25) is 0 Å². The van der Waals surface area contributed by atoms with Crippen LogP contribution >= 0.6 is 11.3 Å². The van der Waals surface area contributed by atoms with Gasteiger partial charge >= 0.3 is 6.03 Å². The summed E-state index contributed by atoms with van der Waals surface area (Å²) < 4.78 is 0. The van der Waals surface area contributed by atoms with Crippen molar-refractivity contribution in [2.24, 2.45) is 0 Å². The maximum Gasteiger partial charge on any atom is 0.322 e. The Balaban J connectivity index is 2.02. The Labute approximate surface area is 117 Å². The van der Waals surface area contributed by atoms with Crippen LogP contribution in [0.25, 0.3) is 0 Å². The Morgan fingerprint density at radius 1 is 1.26 bits per heavy atom. The average Bonchev–Trinajstić information content (AvgIpc) is 2.92. The van der Waals surface area contributed by atoms with Gasteiger partial charge in [0.1, 0.15) is 0 Å². The summed E-state index contributed by atoms with van der Waals surface area (Å²) >= 11 is 1.64. The molecule has 1 N–H and O–H groups in total. The van der Waals surface area contributed by atoms with Crippen molar-refractivity contribution in [2.75, 3.05) is 11.9 Å². The Kier molecular flexibility index (Phi) is 4.75. The van der Waals surface area contributed by atoms with Crippen LogP contribution in [0.4, 0.5) is 10.5 Å². The first-order chi connectivity index (χ1) is 9.29. The fraction of sp³-hybridized carbons (Fsp3) is 0.133. The van der Waals surface area contributed by atoms with Crippen molar-refractivity contribution in [3.05, 3.63) is 65.4 Å². The second kappa shape index (κ2) is 6.75. The predicted octanol–water partition coefficient (Wildman–Crippen LogP) is 3.97. The lowest BCUT2D eigenvalue weighted by Crippen LogP contribution is -2.34. The van der Waals surface area contributed by atoms with Crippen LogP contribution in [0.5, 0.6) is 0 Å². The van der Waals surface area contributed by atoms with E-state index in [1.807, 2.05) is 47.8 Å². The van der Waals surface area contributed by atoms with Crippen LogP contribution in [0, 0.1) is 0 Å². The highest BCUT2D eigenvalue weighted by Crippen LogP contribution is 2.13. The van der Waals surface area contributed by atoms with Gasteiger partial charge in [-0.1, -0.05) is 30.3 Å². The van der Waals surface area contributed by atoms with E-state index in [4.69, 9.17) is 0 Å². The van der Waals surface area contributed by atoms with E-state index in [-0.39, 0.29) is 6.03 Å². The fourth-order valence-corrected chi connectivity index (χ4v) is 2.41. The number of carbonyl (C=O) groups excluding carboxylic acids is 1. The standard InChI is InChI=1S/C15H16N2OS/c1-2-10-17(12-14-9-6-11-19-14)15(18)16-13-7-4-3-5-8-13/h2-9,11H,1,10,12H2,(H,16,18). The molecular weight excluding hydrogens is 256 g/mol. The van der Waals surface area contributed by atoms with Crippen molar-refractivity contribution in [3.8, 4) is 0 Å². The Morgan fingerprint density at radius 2 is 2.05 bits per heavy atom. The zero-order valence-electron chi connectivity index (χ0n) is 10.6. The summed E-state index contributed by atoms with van der Waals surface area (Å²) in [7, 11) is 0. The van der Waals surface area contributed by atoms with Crippen LogP contribution in [0.3, 0.4) is 0 Å². The number of hydrogen-bond acceptors (Lipinski definition) is 2. The average molecular weight is 272 g/mol. The molecule has 0 bridgehead atoms. The second-order valence-electron chi connectivity index (χ2n) is 4.04. The van der Waals surface area contributed by atoms with Crippen LogP contribution in [0.2, 0.25) is 0 Å². The minimum Gasteiger partial charge on any atom is -0.316 e. The molecule has 4 heteroatoms. The minimum absolute atomic E-state index is 0.112. The summed E-state index contributed by atoms with van der Waals surface area (Å²) in [6.45, 7) is 4.82. The van der Waals surface area contributed by atoms with Gasteiger partial charge in [-0.25, -0.2) is 4.79 Å². The predicted molar refractivity (Wildman–Crippen MR) is 80.4 cm³/mol. The first-order valence-corrected chi connectivity index (χ1v) is 6.92. The molecule has 1 heterocycles. The number of hydrogen-bond donors (Lipinski definition) is 1. The summed E-state index contributed by atoms with van der Waals surface area (Å²) in [4.78, 5) is 15.1. The molecule has 0 fully saturated rings. The molecule has 0 aliphatic heterocycles. The Bertz CT molecular complexity index is 522. The zero-order valence-corrected chi connectivity index (χ0v) is 11.4. The van der Waals surface area contributed by atoms with E-state index < -0.39 is 0 Å². The summed E-state index contributed by atoms with van der Waals surface area (Å²) in [6, 6.07) is 13.4. The van der Waals surface area contributed by atoms with Gasteiger partial charge in [-0.05, 0) is 23.6 Å². The number of amides is 2. The summed E-state index contributed by atoms with van der Waals surface area (Å²) in [5.41, 5.74) is 0.799. The molecule has 0 aliphatic carbocycles. The highest BCUT2D eigenvalue weighted by molar-refractivity contribution is 7.09. The van der Waals surface area contributed by atoms with Crippen molar-refractivity contribution in [1.29, 1.82) is 0 Å². The van der Waals surface area contributed by atoms with Gasteiger partial charge in [-0.2, -0.15) is 0 Å². The molecule has 0 unspecified atom stereocenters. The second-order valence-corrected chi connectivity index (χ2v) is 5.08. The lowest BCUT2D eigenvalue weighted by molar-refractivity contribution is 0.215. The van der Waals surface area contributed by atoms with Gasteiger partial charge in [-0.15, -0.1) is 17.9 Å². The summed E-state index contributed by atoms with van der Waals surface area (Å²) in [6.07, 6.45) is 1.73. The van der Waals surface area contributed by atoms with Gasteiger partial charge in [0.05, 0.1) is 6.54 Å². The van der Waals surface area contributed by atoms with Crippen molar-refractivity contribution in [2.45, 2.75) is 6.54 Å². The molecule has 3 nitrogen and oxygen atoms in total. The molecular formula is C15H16N2OS. The number of carbonyl (C=O) groups is 1. The van der Waals surface area contributed by atoms with E-state index in [1.165, 1.54) is 0 Å². The van der Waals surface area contributed by atoms with E-state index in [9.17, 15) is 4.79 Å². The van der Waals surface area contributed by atoms with E-state index in [2.05, 4.69) is 11.9 Å². The molecule has 19 heavy (non-hydrogen) atoms. The largest absolute Gasteiger partial charge is 0.322 e. The highest BCUT2D eigenvalue weighted by atomic mass is 32.1. The molecule has 0 saturated heterocycles. The van der Waals surface area contributed by atoms with Crippen LogP contribution in [-0.4, -0.2) is 17.5 Å². The topological polar surface area (TPSA) is 32.3 Å². The Morgan fingerprint density at radius 3 is 2.68 bits per heavy atom. The third-order valence-corrected chi connectivity index (χ3v) is 3.45. The summed E-state index contributed by atoms with van der Waals surface area (Å²) in [5, 5.41) is 4.89. The zero-order chi connectivity index (χ0) is 13.5. The van der Waals surface area contributed by atoms with Gasteiger partial charge in [0, 0.05) is 17.1 Å².